The van der Waals surface area contributed by atoms with Gasteiger partial charge in [0.25, 0.3) is 11.6 Å². The Morgan fingerprint density at radius 2 is 2.09 bits per heavy atom. The zero-order valence-electron chi connectivity index (χ0n) is 12.0. The quantitative estimate of drug-likeness (QED) is 0.572. The highest BCUT2D eigenvalue weighted by Crippen LogP contribution is 2.23. The molecule has 0 radical (unpaired) electrons. The average Bonchev–Trinajstić information content (AvgIpc) is 2.93. The van der Waals surface area contributed by atoms with Crippen LogP contribution in [0.15, 0.2) is 36.4 Å². The molecule has 0 atom stereocenters. The highest BCUT2D eigenvalue weighted by molar-refractivity contribution is 6.11. The summed E-state index contributed by atoms with van der Waals surface area (Å²) in [4.78, 5) is 22.6. The summed E-state index contributed by atoms with van der Waals surface area (Å²) in [5.74, 6) is -1.22. The van der Waals surface area contributed by atoms with Crippen LogP contribution in [-0.4, -0.2) is 21.0 Å². The number of benzene rings is 2. The Labute approximate surface area is 129 Å². The van der Waals surface area contributed by atoms with Crippen molar-refractivity contribution in [3.63, 3.8) is 0 Å². The number of hydrogen-bond donors (Lipinski definition) is 2. The molecule has 8 heteroatoms. The fourth-order valence-corrected chi connectivity index (χ4v) is 2.19. The van der Waals surface area contributed by atoms with E-state index in [0.29, 0.717) is 10.9 Å². The number of carbonyl (C=O) groups is 1. The van der Waals surface area contributed by atoms with Crippen LogP contribution in [0.5, 0.6) is 0 Å². The Balaban J connectivity index is 1.97. The molecule has 23 heavy (non-hydrogen) atoms. The SMILES string of the molecule is Cc1ccc(NC(=O)c2n[nH]c3ccc([N+](=O)[O-])cc23)c(F)c1. The smallest absolute Gasteiger partial charge is 0.276 e. The lowest BCUT2D eigenvalue weighted by atomic mass is 10.1. The molecule has 1 amide bonds. The first-order valence-electron chi connectivity index (χ1n) is 6.66. The molecule has 7 nitrogen and oxygen atoms in total. The van der Waals surface area contributed by atoms with Gasteiger partial charge >= 0.3 is 0 Å². The number of nitrogens with one attached hydrogen (secondary N) is 2. The van der Waals surface area contributed by atoms with Crippen LogP contribution in [0.2, 0.25) is 0 Å². The summed E-state index contributed by atoms with van der Waals surface area (Å²) in [6.07, 6.45) is 0. The molecular formula is C15H11FN4O3. The van der Waals surface area contributed by atoms with Gasteiger partial charge in [0.15, 0.2) is 5.69 Å². The Kier molecular flexibility index (Phi) is 3.49. The van der Waals surface area contributed by atoms with Gasteiger partial charge in [-0.25, -0.2) is 4.39 Å². The summed E-state index contributed by atoms with van der Waals surface area (Å²) >= 11 is 0. The van der Waals surface area contributed by atoms with Crippen LogP contribution < -0.4 is 5.32 Å². The maximum absolute atomic E-state index is 13.8. The van der Waals surface area contributed by atoms with E-state index in [1.165, 1.54) is 30.3 Å². The number of carbonyl (C=O) groups excluding carboxylic acids is 1. The first-order valence-corrected chi connectivity index (χ1v) is 6.66. The van der Waals surface area contributed by atoms with Crippen LogP contribution in [0.25, 0.3) is 10.9 Å². The molecule has 1 aromatic heterocycles. The number of hydrogen-bond acceptors (Lipinski definition) is 4. The number of nitrogens with zero attached hydrogens (tertiary/aromatic N) is 2. The Bertz CT molecular complexity index is 936. The van der Waals surface area contributed by atoms with E-state index in [1.807, 2.05) is 0 Å². The van der Waals surface area contributed by atoms with E-state index in [1.54, 1.807) is 13.0 Å². The largest absolute Gasteiger partial charge is 0.318 e. The number of aromatic nitrogens is 2. The molecular weight excluding hydrogens is 303 g/mol. The van der Waals surface area contributed by atoms with Crippen molar-refractivity contribution in [1.29, 1.82) is 0 Å². The molecule has 3 aromatic rings. The van der Waals surface area contributed by atoms with Crippen LogP contribution >= 0.6 is 0 Å². The molecule has 0 aliphatic carbocycles. The Morgan fingerprint density at radius 1 is 1.30 bits per heavy atom. The number of H-pyrrole nitrogens is 1. The number of nitro groups is 1. The third-order valence-electron chi connectivity index (χ3n) is 3.35. The van der Waals surface area contributed by atoms with Gasteiger partial charge in [0.1, 0.15) is 5.82 Å². The highest BCUT2D eigenvalue weighted by Gasteiger charge is 2.18. The van der Waals surface area contributed by atoms with Crippen molar-refractivity contribution in [1.82, 2.24) is 10.2 Å². The van der Waals surface area contributed by atoms with E-state index in [0.717, 1.165) is 5.56 Å². The van der Waals surface area contributed by atoms with Crippen molar-refractivity contribution in [2.45, 2.75) is 6.92 Å². The molecule has 2 N–H and O–H groups in total. The van der Waals surface area contributed by atoms with Crippen LogP contribution in [0, 0.1) is 22.9 Å². The summed E-state index contributed by atoms with van der Waals surface area (Å²) in [6.45, 7) is 1.73. The highest BCUT2D eigenvalue weighted by atomic mass is 19.1. The number of aromatic amines is 1. The van der Waals surface area contributed by atoms with Crippen molar-refractivity contribution in [3.05, 3.63) is 63.6 Å². The molecule has 0 saturated carbocycles. The molecule has 1 heterocycles. The molecule has 3 rings (SSSR count). The van der Waals surface area contributed by atoms with E-state index in [9.17, 15) is 19.3 Å². The van der Waals surface area contributed by atoms with Gasteiger partial charge in [0, 0.05) is 17.5 Å². The monoisotopic (exact) mass is 314 g/mol. The van der Waals surface area contributed by atoms with Crippen molar-refractivity contribution in [3.8, 4) is 0 Å². The third-order valence-corrected chi connectivity index (χ3v) is 3.35. The molecule has 2 aromatic carbocycles. The first-order chi connectivity index (χ1) is 11.0. The molecule has 0 aliphatic heterocycles. The van der Waals surface area contributed by atoms with Gasteiger partial charge in [-0.3, -0.25) is 20.0 Å². The van der Waals surface area contributed by atoms with Crippen LogP contribution in [0.4, 0.5) is 15.8 Å². The van der Waals surface area contributed by atoms with Crippen molar-refractivity contribution in [2.75, 3.05) is 5.32 Å². The molecule has 0 spiro atoms. The maximum atomic E-state index is 13.8. The summed E-state index contributed by atoms with van der Waals surface area (Å²) in [5.41, 5.74) is 1.02. The molecule has 0 fully saturated rings. The van der Waals surface area contributed by atoms with Gasteiger partial charge in [-0.1, -0.05) is 6.07 Å². The first kappa shape index (κ1) is 14.6. The predicted molar refractivity (Wildman–Crippen MR) is 81.8 cm³/mol. The minimum atomic E-state index is -0.653. The van der Waals surface area contributed by atoms with E-state index in [-0.39, 0.29) is 17.1 Å². The Hall–Kier alpha value is -3.29. The average molecular weight is 314 g/mol. The van der Waals surface area contributed by atoms with Crippen LogP contribution in [0.1, 0.15) is 16.1 Å². The van der Waals surface area contributed by atoms with Gasteiger partial charge in [0.2, 0.25) is 0 Å². The number of rotatable bonds is 3. The molecule has 0 aliphatic rings. The second kappa shape index (κ2) is 5.48. The molecule has 0 bridgehead atoms. The predicted octanol–water partition coefficient (Wildman–Crippen LogP) is 3.17. The summed E-state index contributed by atoms with van der Waals surface area (Å²) < 4.78 is 13.8. The molecule has 116 valence electrons. The van der Waals surface area contributed by atoms with Crippen molar-refractivity contribution in [2.24, 2.45) is 0 Å². The Morgan fingerprint density at radius 3 is 2.78 bits per heavy atom. The standard InChI is InChI=1S/C15H11FN4O3/c1-8-2-4-13(11(16)6-8)17-15(21)14-10-7-9(20(22)23)3-5-12(10)18-19-14/h2-7H,1H3,(H,17,21)(H,18,19). The number of nitro benzene ring substituents is 1. The van der Waals surface area contributed by atoms with Gasteiger partial charge in [0.05, 0.1) is 16.1 Å². The van der Waals surface area contributed by atoms with E-state index < -0.39 is 16.6 Å². The van der Waals surface area contributed by atoms with Crippen molar-refractivity contribution < 1.29 is 14.1 Å². The number of amides is 1. The number of fused-ring (bicyclic) bond motifs is 1. The number of aryl methyl sites for hydroxylation is 1. The molecule has 0 unspecified atom stereocenters. The fraction of sp³-hybridized carbons (Fsp3) is 0.0667. The second-order valence-corrected chi connectivity index (χ2v) is 5.00. The lowest BCUT2D eigenvalue weighted by Crippen LogP contribution is -2.14. The summed E-state index contributed by atoms with van der Waals surface area (Å²) in [7, 11) is 0. The van der Waals surface area contributed by atoms with E-state index >= 15 is 0 Å². The second-order valence-electron chi connectivity index (χ2n) is 5.00. The minimum Gasteiger partial charge on any atom is -0.318 e. The van der Waals surface area contributed by atoms with Gasteiger partial charge in [-0.2, -0.15) is 5.10 Å². The maximum Gasteiger partial charge on any atom is 0.276 e. The molecule has 0 saturated heterocycles. The number of anilines is 1. The zero-order valence-corrected chi connectivity index (χ0v) is 12.0. The van der Waals surface area contributed by atoms with Gasteiger partial charge in [-0.05, 0) is 30.7 Å². The zero-order chi connectivity index (χ0) is 16.6. The topological polar surface area (TPSA) is 101 Å². The van der Waals surface area contributed by atoms with Crippen molar-refractivity contribution >= 4 is 28.2 Å². The lowest BCUT2D eigenvalue weighted by molar-refractivity contribution is -0.384. The van der Waals surface area contributed by atoms with E-state index in [2.05, 4.69) is 15.5 Å². The fourth-order valence-electron chi connectivity index (χ4n) is 2.19. The minimum absolute atomic E-state index is 0.0159. The summed E-state index contributed by atoms with van der Waals surface area (Å²) in [5, 5.41) is 20.0. The van der Waals surface area contributed by atoms with E-state index in [4.69, 9.17) is 0 Å². The lowest BCUT2D eigenvalue weighted by Gasteiger charge is -2.05. The third kappa shape index (κ3) is 2.73. The normalized spacial score (nSPS) is 10.7. The van der Waals surface area contributed by atoms with Gasteiger partial charge < -0.3 is 5.32 Å². The number of halogens is 1. The summed E-state index contributed by atoms with van der Waals surface area (Å²) in [6, 6.07) is 8.42. The van der Waals surface area contributed by atoms with Gasteiger partial charge in [-0.15, -0.1) is 0 Å². The van der Waals surface area contributed by atoms with Crippen LogP contribution in [-0.2, 0) is 0 Å². The van der Waals surface area contributed by atoms with Crippen LogP contribution in [0.3, 0.4) is 0 Å². The number of non-ortho nitro benzene ring substituents is 1.